The second-order valence-corrected chi connectivity index (χ2v) is 6.48. The van der Waals surface area contributed by atoms with E-state index >= 15 is 0 Å². The molecule has 0 unspecified atom stereocenters. The summed E-state index contributed by atoms with van der Waals surface area (Å²) in [5.74, 6) is 0.403. The van der Waals surface area contributed by atoms with Gasteiger partial charge in [0.05, 0.1) is 11.9 Å². The van der Waals surface area contributed by atoms with Gasteiger partial charge in [-0.3, -0.25) is 4.79 Å². The molecule has 0 spiro atoms. The minimum atomic E-state index is -0.0659. The van der Waals surface area contributed by atoms with Crippen LogP contribution >= 0.6 is 15.9 Å². The molecule has 110 valence electrons. The lowest BCUT2D eigenvalue weighted by Gasteiger charge is -2.12. The lowest BCUT2D eigenvalue weighted by atomic mass is 10.2. The Labute approximate surface area is 128 Å². The van der Waals surface area contributed by atoms with Gasteiger partial charge in [0.15, 0.2) is 0 Å². The van der Waals surface area contributed by atoms with Crippen molar-refractivity contribution in [2.75, 3.05) is 11.9 Å². The van der Waals surface area contributed by atoms with Crippen molar-refractivity contribution in [3.63, 3.8) is 0 Å². The zero-order valence-corrected chi connectivity index (χ0v) is 13.7. The first-order chi connectivity index (χ1) is 9.58. The highest BCUT2D eigenvalue weighted by Gasteiger charge is 2.10. The number of rotatable bonds is 6. The zero-order chi connectivity index (χ0) is 14.5. The predicted octanol–water partition coefficient (Wildman–Crippen LogP) is 3.57. The molecule has 1 aliphatic carbocycles. The zero-order valence-electron chi connectivity index (χ0n) is 12.2. The molecular weight excluding hydrogens is 318 g/mol. The second-order valence-electron chi connectivity index (χ2n) is 5.68. The van der Waals surface area contributed by atoms with Crippen LogP contribution in [0.2, 0.25) is 0 Å². The Hall–Kier alpha value is -1.10. The van der Waals surface area contributed by atoms with Crippen LogP contribution in [0.5, 0.6) is 0 Å². The summed E-state index contributed by atoms with van der Waals surface area (Å²) in [4.78, 5) is 12.1. The average molecular weight is 340 g/mol. The molecule has 0 radical (unpaired) electrons. The number of hydrogen-bond donors (Lipinski definition) is 1. The summed E-state index contributed by atoms with van der Waals surface area (Å²) >= 11 is 3.38. The predicted molar refractivity (Wildman–Crippen MR) is 86.1 cm³/mol. The summed E-state index contributed by atoms with van der Waals surface area (Å²) < 4.78 is 2.09. The van der Waals surface area contributed by atoms with E-state index in [4.69, 9.17) is 0 Å². The van der Waals surface area contributed by atoms with Crippen molar-refractivity contribution < 1.29 is 0 Å². The van der Waals surface area contributed by atoms with Crippen molar-refractivity contribution in [2.24, 2.45) is 5.92 Å². The first-order valence-corrected chi connectivity index (χ1v) is 8.04. The first kappa shape index (κ1) is 15.3. The van der Waals surface area contributed by atoms with Gasteiger partial charge in [0.25, 0.3) is 5.56 Å². The van der Waals surface area contributed by atoms with Crippen LogP contribution < -0.4 is 10.9 Å². The quantitative estimate of drug-likeness (QED) is 0.806. The lowest BCUT2D eigenvalue weighted by Crippen LogP contribution is -2.26. The molecule has 0 saturated heterocycles. The summed E-state index contributed by atoms with van der Waals surface area (Å²) in [7, 11) is 0. The molecule has 0 amide bonds. The molecule has 5 heteroatoms. The Kier molecular flexibility index (Phi) is 5.40. The molecule has 0 atom stereocenters. The van der Waals surface area contributed by atoms with Crippen LogP contribution in [0.15, 0.2) is 27.1 Å². The highest BCUT2D eigenvalue weighted by molar-refractivity contribution is 9.10. The van der Waals surface area contributed by atoms with Crippen LogP contribution in [0.1, 0.15) is 39.5 Å². The largest absolute Gasteiger partial charge is 0.382 e. The van der Waals surface area contributed by atoms with Crippen LogP contribution in [0.4, 0.5) is 5.69 Å². The Balaban J connectivity index is 1.98. The summed E-state index contributed by atoms with van der Waals surface area (Å²) in [5.41, 5.74) is 2.24. The summed E-state index contributed by atoms with van der Waals surface area (Å²) in [6.45, 7) is 5.64. The van der Waals surface area contributed by atoms with Crippen LogP contribution in [0.3, 0.4) is 0 Å². The Morgan fingerprint density at radius 1 is 1.50 bits per heavy atom. The smallest absolute Gasteiger partial charge is 0.283 e. The van der Waals surface area contributed by atoms with E-state index in [-0.39, 0.29) is 5.56 Å². The average Bonchev–Trinajstić information content (AvgIpc) is 2.90. The van der Waals surface area contributed by atoms with Gasteiger partial charge in [-0.1, -0.05) is 25.5 Å². The highest BCUT2D eigenvalue weighted by atomic mass is 79.9. The normalized spacial score (nSPS) is 14.7. The van der Waals surface area contributed by atoms with E-state index in [9.17, 15) is 4.79 Å². The molecule has 20 heavy (non-hydrogen) atoms. The van der Waals surface area contributed by atoms with Crippen molar-refractivity contribution in [3.05, 3.63) is 32.7 Å². The van der Waals surface area contributed by atoms with Crippen LogP contribution in [0, 0.1) is 5.92 Å². The molecule has 1 N–H and O–H groups in total. The van der Waals surface area contributed by atoms with Gasteiger partial charge in [0, 0.05) is 13.1 Å². The molecule has 0 aliphatic heterocycles. The Morgan fingerprint density at radius 2 is 2.30 bits per heavy atom. The van der Waals surface area contributed by atoms with E-state index in [1.165, 1.54) is 29.5 Å². The molecule has 0 fully saturated rings. The fraction of sp³-hybridized carbons (Fsp3) is 0.600. The molecule has 1 aliphatic rings. The molecule has 1 heterocycles. The topological polar surface area (TPSA) is 46.9 Å². The van der Waals surface area contributed by atoms with E-state index in [0.717, 1.165) is 18.7 Å². The maximum absolute atomic E-state index is 12.1. The third kappa shape index (κ3) is 3.95. The van der Waals surface area contributed by atoms with E-state index in [0.29, 0.717) is 16.9 Å². The number of aromatic nitrogens is 2. The van der Waals surface area contributed by atoms with Crippen molar-refractivity contribution in [3.8, 4) is 0 Å². The number of nitrogens with one attached hydrogen (secondary N) is 1. The van der Waals surface area contributed by atoms with Crippen LogP contribution in [0.25, 0.3) is 0 Å². The summed E-state index contributed by atoms with van der Waals surface area (Å²) in [6.07, 6.45) is 8.82. The van der Waals surface area contributed by atoms with Crippen molar-refractivity contribution in [1.82, 2.24) is 9.78 Å². The third-order valence-electron chi connectivity index (χ3n) is 3.42. The maximum atomic E-state index is 12.1. The third-order valence-corrected chi connectivity index (χ3v) is 4.19. The van der Waals surface area contributed by atoms with Crippen molar-refractivity contribution in [1.29, 1.82) is 0 Å². The second kappa shape index (κ2) is 7.07. The standard InChI is InChI=1S/C15H22BrN3O/c1-11(2)10-19-15(20)14(16)13(9-18-19)17-8-7-12-5-3-4-6-12/h5,9,11,17H,3-4,6-8,10H2,1-2H3. The molecule has 1 aromatic heterocycles. The molecule has 2 rings (SSSR count). The highest BCUT2D eigenvalue weighted by Crippen LogP contribution is 2.21. The number of halogens is 1. The fourth-order valence-electron chi connectivity index (χ4n) is 2.39. The summed E-state index contributed by atoms with van der Waals surface area (Å²) in [5, 5.41) is 7.52. The van der Waals surface area contributed by atoms with Gasteiger partial charge in [-0.2, -0.15) is 5.10 Å². The summed E-state index contributed by atoms with van der Waals surface area (Å²) in [6, 6.07) is 0. The molecule has 1 aromatic rings. The van der Waals surface area contributed by atoms with Gasteiger partial charge in [-0.15, -0.1) is 0 Å². The number of allylic oxidation sites excluding steroid dienone is 1. The molecule has 0 saturated carbocycles. The van der Waals surface area contributed by atoms with Gasteiger partial charge in [-0.05, 0) is 47.5 Å². The van der Waals surface area contributed by atoms with Crippen molar-refractivity contribution >= 4 is 21.6 Å². The monoisotopic (exact) mass is 339 g/mol. The van der Waals surface area contributed by atoms with Gasteiger partial charge in [0.2, 0.25) is 0 Å². The number of hydrogen-bond acceptors (Lipinski definition) is 3. The number of anilines is 1. The van der Waals surface area contributed by atoms with Gasteiger partial charge in [0.1, 0.15) is 4.47 Å². The minimum absolute atomic E-state index is 0.0659. The molecule has 0 bridgehead atoms. The van der Waals surface area contributed by atoms with Crippen LogP contribution in [-0.2, 0) is 6.54 Å². The first-order valence-electron chi connectivity index (χ1n) is 7.25. The Bertz CT molecular complexity index is 549. The van der Waals surface area contributed by atoms with Gasteiger partial charge >= 0.3 is 0 Å². The maximum Gasteiger partial charge on any atom is 0.283 e. The molecular formula is C15H22BrN3O. The Morgan fingerprint density at radius 3 is 2.95 bits per heavy atom. The van der Waals surface area contributed by atoms with E-state index in [1.54, 1.807) is 6.20 Å². The van der Waals surface area contributed by atoms with Crippen LogP contribution in [-0.4, -0.2) is 16.3 Å². The fourth-order valence-corrected chi connectivity index (χ4v) is 2.83. The van der Waals surface area contributed by atoms with E-state index < -0.39 is 0 Å². The SMILES string of the molecule is CC(C)Cn1ncc(NCCC2=CCCC2)c(Br)c1=O. The van der Waals surface area contributed by atoms with E-state index in [2.05, 4.69) is 46.3 Å². The van der Waals surface area contributed by atoms with E-state index in [1.807, 2.05) is 0 Å². The molecule has 4 nitrogen and oxygen atoms in total. The van der Waals surface area contributed by atoms with Crippen molar-refractivity contribution in [2.45, 2.75) is 46.1 Å². The number of nitrogens with zero attached hydrogens (tertiary/aromatic N) is 2. The minimum Gasteiger partial charge on any atom is -0.382 e. The van der Waals surface area contributed by atoms with Gasteiger partial charge in [-0.25, -0.2) is 4.68 Å². The lowest BCUT2D eigenvalue weighted by molar-refractivity contribution is 0.462. The molecule has 0 aromatic carbocycles. The van der Waals surface area contributed by atoms with Gasteiger partial charge < -0.3 is 5.32 Å².